The van der Waals surface area contributed by atoms with Gasteiger partial charge in [-0.2, -0.15) is 0 Å². The predicted molar refractivity (Wildman–Crippen MR) is 53.7 cm³/mol. The fourth-order valence-corrected chi connectivity index (χ4v) is 1.93. The smallest absolute Gasteiger partial charge is 0.184 e. The van der Waals surface area contributed by atoms with Crippen LogP contribution in [0, 0.1) is 0 Å². The lowest BCUT2D eigenvalue weighted by atomic mass is 10.1. The first-order chi connectivity index (χ1) is 6.42. The van der Waals surface area contributed by atoms with Crippen molar-refractivity contribution in [3.8, 4) is 0 Å². The summed E-state index contributed by atoms with van der Waals surface area (Å²) in [5.74, 6) is 0. The van der Waals surface area contributed by atoms with E-state index in [0.717, 1.165) is 10.9 Å². The number of hydrogen-bond acceptors (Lipinski definition) is 2. The van der Waals surface area contributed by atoms with Crippen molar-refractivity contribution in [2.45, 2.75) is 11.6 Å². The number of hydrogen-bond donors (Lipinski definition) is 0. The largest absolute Gasteiger partial charge is 0.346 e. The van der Waals surface area contributed by atoms with E-state index < -0.39 is 0 Å². The molecule has 1 aliphatic heterocycles. The fraction of sp³-hybridized carbons (Fsp3) is 0.400. The topological polar surface area (TPSA) is 18.5 Å². The van der Waals surface area contributed by atoms with E-state index in [0.29, 0.717) is 13.2 Å². The van der Waals surface area contributed by atoms with E-state index in [1.54, 1.807) is 0 Å². The van der Waals surface area contributed by atoms with E-state index in [1.807, 2.05) is 18.2 Å². The van der Waals surface area contributed by atoms with E-state index in [4.69, 9.17) is 9.47 Å². The van der Waals surface area contributed by atoms with Gasteiger partial charge in [-0.15, -0.1) is 0 Å². The van der Waals surface area contributed by atoms with E-state index in [1.165, 1.54) is 5.56 Å². The molecule has 13 heavy (non-hydrogen) atoms. The molecule has 0 amide bonds. The van der Waals surface area contributed by atoms with Gasteiger partial charge in [0.25, 0.3) is 0 Å². The molecule has 0 N–H and O–H groups in total. The van der Waals surface area contributed by atoms with Crippen molar-refractivity contribution in [2.75, 3.05) is 13.2 Å². The fourth-order valence-electron chi connectivity index (χ4n) is 1.42. The summed E-state index contributed by atoms with van der Waals surface area (Å²) in [6, 6.07) is 8.16. The Morgan fingerprint density at radius 2 is 1.92 bits per heavy atom. The third kappa shape index (κ3) is 1.93. The second-order valence-electron chi connectivity index (χ2n) is 2.91. The highest BCUT2D eigenvalue weighted by Crippen LogP contribution is 2.27. The Morgan fingerprint density at radius 3 is 2.62 bits per heavy atom. The number of ether oxygens (including phenoxy) is 2. The van der Waals surface area contributed by atoms with Crippen LogP contribution in [0.2, 0.25) is 0 Å². The van der Waals surface area contributed by atoms with Crippen LogP contribution >= 0.6 is 15.9 Å². The molecule has 70 valence electrons. The van der Waals surface area contributed by atoms with Gasteiger partial charge in [-0.3, -0.25) is 0 Å². The zero-order valence-corrected chi connectivity index (χ0v) is 8.79. The monoisotopic (exact) mass is 242 g/mol. The molecule has 1 aromatic carbocycles. The van der Waals surface area contributed by atoms with Crippen molar-refractivity contribution in [2.24, 2.45) is 0 Å². The molecule has 1 aromatic rings. The SMILES string of the molecule is BrCc1ccccc1C1OCCO1. The summed E-state index contributed by atoms with van der Waals surface area (Å²) in [5.41, 5.74) is 2.37. The van der Waals surface area contributed by atoms with Crippen LogP contribution in [0.3, 0.4) is 0 Å². The first-order valence-electron chi connectivity index (χ1n) is 4.29. The van der Waals surface area contributed by atoms with Gasteiger partial charge in [0, 0.05) is 10.9 Å². The van der Waals surface area contributed by atoms with Gasteiger partial charge in [-0.05, 0) is 5.56 Å². The summed E-state index contributed by atoms with van der Waals surface area (Å²) < 4.78 is 10.9. The van der Waals surface area contributed by atoms with Crippen LogP contribution in [-0.2, 0) is 14.8 Å². The van der Waals surface area contributed by atoms with Crippen LogP contribution in [0.25, 0.3) is 0 Å². The molecule has 0 aliphatic carbocycles. The van der Waals surface area contributed by atoms with Crippen LogP contribution in [0.15, 0.2) is 24.3 Å². The minimum absolute atomic E-state index is 0.159. The molecule has 0 bridgehead atoms. The third-order valence-corrected chi connectivity index (χ3v) is 2.68. The standard InChI is InChI=1S/C10H11BrO2/c11-7-8-3-1-2-4-9(8)10-12-5-6-13-10/h1-4,10H,5-7H2. The first-order valence-corrected chi connectivity index (χ1v) is 5.41. The highest BCUT2D eigenvalue weighted by Gasteiger charge is 2.20. The Morgan fingerprint density at radius 1 is 1.23 bits per heavy atom. The third-order valence-electron chi connectivity index (χ3n) is 2.07. The summed E-state index contributed by atoms with van der Waals surface area (Å²) >= 11 is 3.44. The molecule has 0 spiro atoms. The highest BCUT2D eigenvalue weighted by atomic mass is 79.9. The molecule has 0 aromatic heterocycles. The summed E-state index contributed by atoms with van der Waals surface area (Å²) in [5, 5.41) is 0.840. The Bertz CT molecular complexity index is 282. The van der Waals surface area contributed by atoms with E-state index >= 15 is 0 Å². The number of benzene rings is 1. The molecule has 1 heterocycles. The molecule has 2 nitrogen and oxygen atoms in total. The highest BCUT2D eigenvalue weighted by molar-refractivity contribution is 9.08. The Labute approximate surface area is 86.0 Å². The maximum Gasteiger partial charge on any atom is 0.184 e. The molecule has 1 saturated heterocycles. The quantitative estimate of drug-likeness (QED) is 0.743. The van der Waals surface area contributed by atoms with Crippen molar-refractivity contribution < 1.29 is 9.47 Å². The second-order valence-corrected chi connectivity index (χ2v) is 3.47. The van der Waals surface area contributed by atoms with Crippen LogP contribution in [-0.4, -0.2) is 13.2 Å². The van der Waals surface area contributed by atoms with Crippen LogP contribution < -0.4 is 0 Å². The molecule has 3 heteroatoms. The number of rotatable bonds is 2. The van der Waals surface area contributed by atoms with Gasteiger partial charge in [0.2, 0.25) is 0 Å². The van der Waals surface area contributed by atoms with E-state index in [9.17, 15) is 0 Å². The average molecular weight is 243 g/mol. The Balaban J connectivity index is 2.26. The van der Waals surface area contributed by atoms with Gasteiger partial charge in [0.05, 0.1) is 13.2 Å². The minimum atomic E-state index is -0.159. The Hall–Kier alpha value is -0.380. The van der Waals surface area contributed by atoms with Gasteiger partial charge in [0.1, 0.15) is 0 Å². The molecule has 0 saturated carbocycles. The number of alkyl halides is 1. The lowest BCUT2D eigenvalue weighted by Crippen LogP contribution is -2.01. The van der Waals surface area contributed by atoms with Gasteiger partial charge >= 0.3 is 0 Å². The molecule has 1 aliphatic rings. The summed E-state index contributed by atoms with van der Waals surface area (Å²) in [4.78, 5) is 0. The first kappa shape index (κ1) is 9.19. The van der Waals surface area contributed by atoms with Crippen molar-refractivity contribution in [1.82, 2.24) is 0 Å². The zero-order chi connectivity index (χ0) is 9.10. The molecule has 1 fully saturated rings. The normalized spacial score (nSPS) is 17.9. The van der Waals surface area contributed by atoms with Crippen LogP contribution in [0.1, 0.15) is 17.4 Å². The lowest BCUT2D eigenvalue weighted by Gasteiger charge is -2.12. The summed E-state index contributed by atoms with van der Waals surface area (Å²) in [6.45, 7) is 1.39. The predicted octanol–water partition coefficient (Wildman–Crippen LogP) is 2.63. The zero-order valence-electron chi connectivity index (χ0n) is 7.20. The van der Waals surface area contributed by atoms with Crippen molar-refractivity contribution >= 4 is 15.9 Å². The average Bonchev–Trinajstić information content (AvgIpc) is 2.70. The van der Waals surface area contributed by atoms with Crippen LogP contribution in [0.5, 0.6) is 0 Å². The van der Waals surface area contributed by atoms with Crippen LogP contribution in [0.4, 0.5) is 0 Å². The van der Waals surface area contributed by atoms with Gasteiger partial charge in [-0.25, -0.2) is 0 Å². The maximum atomic E-state index is 5.44. The minimum Gasteiger partial charge on any atom is -0.346 e. The summed E-state index contributed by atoms with van der Waals surface area (Å²) in [7, 11) is 0. The molecule has 0 atom stereocenters. The number of halogens is 1. The van der Waals surface area contributed by atoms with E-state index in [-0.39, 0.29) is 6.29 Å². The molecule has 2 rings (SSSR count). The van der Waals surface area contributed by atoms with Crippen molar-refractivity contribution in [1.29, 1.82) is 0 Å². The molecular weight excluding hydrogens is 232 g/mol. The van der Waals surface area contributed by atoms with Gasteiger partial charge < -0.3 is 9.47 Å². The van der Waals surface area contributed by atoms with Crippen molar-refractivity contribution in [3.05, 3.63) is 35.4 Å². The lowest BCUT2D eigenvalue weighted by molar-refractivity contribution is -0.0445. The molecular formula is C10H11BrO2. The van der Waals surface area contributed by atoms with Gasteiger partial charge in [-0.1, -0.05) is 40.2 Å². The Kier molecular flexibility index (Phi) is 2.98. The van der Waals surface area contributed by atoms with E-state index in [2.05, 4.69) is 22.0 Å². The van der Waals surface area contributed by atoms with Crippen molar-refractivity contribution in [3.63, 3.8) is 0 Å². The van der Waals surface area contributed by atoms with Gasteiger partial charge in [0.15, 0.2) is 6.29 Å². The summed E-state index contributed by atoms with van der Waals surface area (Å²) in [6.07, 6.45) is -0.159. The molecule has 0 unspecified atom stereocenters. The maximum absolute atomic E-state index is 5.44. The second kappa shape index (κ2) is 4.22. The molecule has 0 radical (unpaired) electrons.